The van der Waals surface area contributed by atoms with Crippen LogP contribution in [0.1, 0.15) is 26.7 Å². The van der Waals surface area contributed by atoms with Gasteiger partial charge in [0.2, 0.25) is 0 Å². The fourth-order valence-electron chi connectivity index (χ4n) is 1.36. The molecule has 1 aliphatic carbocycles. The minimum Gasteiger partial charge on any atom is -0.269 e. The fourth-order valence-corrected chi connectivity index (χ4v) is 3.77. The normalized spacial score (nSPS) is 20.5. The summed E-state index contributed by atoms with van der Waals surface area (Å²) in [5.41, 5.74) is 0. The van der Waals surface area contributed by atoms with Gasteiger partial charge in [-0.2, -0.15) is 8.42 Å². The van der Waals surface area contributed by atoms with E-state index in [-0.39, 0.29) is 6.61 Å². The molecule has 0 bridgehead atoms. The highest BCUT2D eigenvalue weighted by molar-refractivity contribution is 7.93. The molecule has 0 aromatic rings. The van der Waals surface area contributed by atoms with Gasteiger partial charge in [-0.1, -0.05) is 0 Å². The molecular formula is C8H16O5S2. The van der Waals surface area contributed by atoms with E-state index in [1.165, 1.54) is 0 Å². The van der Waals surface area contributed by atoms with Crippen LogP contribution in [0, 0.1) is 0 Å². The van der Waals surface area contributed by atoms with Gasteiger partial charge in [0.25, 0.3) is 10.1 Å². The van der Waals surface area contributed by atoms with Crippen LogP contribution in [0.2, 0.25) is 0 Å². The molecule has 0 unspecified atom stereocenters. The van der Waals surface area contributed by atoms with Gasteiger partial charge < -0.3 is 0 Å². The molecule has 15 heavy (non-hydrogen) atoms. The van der Waals surface area contributed by atoms with Gasteiger partial charge in [0, 0.05) is 0 Å². The van der Waals surface area contributed by atoms with E-state index in [1.54, 1.807) is 13.8 Å². The first-order chi connectivity index (χ1) is 6.61. The summed E-state index contributed by atoms with van der Waals surface area (Å²) in [5.74, 6) is 0. The first kappa shape index (κ1) is 12.9. The number of rotatable bonds is 5. The molecule has 0 heterocycles. The number of sulfone groups is 1. The molecule has 0 N–H and O–H groups in total. The summed E-state index contributed by atoms with van der Waals surface area (Å²) >= 11 is 0. The zero-order valence-electron chi connectivity index (χ0n) is 9.06. The van der Waals surface area contributed by atoms with Gasteiger partial charge in [-0.3, -0.25) is 4.18 Å². The van der Waals surface area contributed by atoms with E-state index in [9.17, 15) is 16.8 Å². The van der Waals surface area contributed by atoms with Crippen molar-refractivity contribution >= 4 is 20.0 Å². The van der Waals surface area contributed by atoms with E-state index >= 15 is 0 Å². The summed E-state index contributed by atoms with van der Waals surface area (Å²) < 4.78 is 48.9. The Kier molecular flexibility index (Phi) is 3.20. The zero-order chi connectivity index (χ0) is 11.9. The predicted octanol–water partition coefficient (Wildman–Crippen LogP) is 0.318. The van der Waals surface area contributed by atoms with Crippen molar-refractivity contribution in [3.8, 4) is 0 Å². The lowest BCUT2D eigenvalue weighted by molar-refractivity contribution is 0.310. The molecule has 0 aromatic carbocycles. The summed E-state index contributed by atoms with van der Waals surface area (Å²) in [4.78, 5) is 0. The first-order valence-corrected chi connectivity index (χ1v) is 8.05. The fraction of sp³-hybridized carbons (Fsp3) is 1.00. The molecule has 1 aliphatic rings. The highest BCUT2D eigenvalue weighted by Crippen LogP contribution is 2.45. The minimum atomic E-state index is -3.57. The maximum atomic E-state index is 11.9. The lowest BCUT2D eigenvalue weighted by atomic mass is 10.5. The highest BCUT2D eigenvalue weighted by Gasteiger charge is 2.56. The molecule has 0 spiro atoms. The van der Waals surface area contributed by atoms with Crippen LogP contribution in [0.4, 0.5) is 0 Å². The van der Waals surface area contributed by atoms with Gasteiger partial charge >= 0.3 is 0 Å². The van der Waals surface area contributed by atoms with Crippen LogP contribution in [0.5, 0.6) is 0 Å². The lowest BCUT2D eigenvalue weighted by Crippen LogP contribution is -2.35. The Morgan fingerprint density at radius 1 is 1.20 bits per heavy atom. The molecule has 5 nitrogen and oxygen atoms in total. The monoisotopic (exact) mass is 256 g/mol. The van der Waals surface area contributed by atoms with Crippen molar-refractivity contribution in [1.82, 2.24) is 0 Å². The second-order valence-electron chi connectivity index (χ2n) is 4.24. The molecular weight excluding hydrogens is 240 g/mol. The maximum absolute atomic E-state index is 11.9. The molecule has 1 saturated carbocycles. The molecule has 1 fully saturated rings. The van der Waals surface area contributed by atoms with Crippen molar-refractivity contribution in [2.75, 3.05) is 12.9 Å². The number of hydrogen-bond acceptors (Lipinski definition) is 5. The van der Waals surface area contributed by atoms with Crippen molar-refractivity contribution in [1.29, 1.82) is 0 Å². The number of hydrogen-bond donors (Lipinski definition) is 0. The molecule has 0 aliphatic heterocycles. The largest absolute Gasteiger partial charge is 0.269 e. The molecule has 0 amide bonds. The summed E-state index contributed by atoms with van der Waals surface area (Å²) in [7, 11) is -6.84. The molecule has 0 saturated heterocycles. The average molecular weight is 256 g/mol. The second-order valence-corrected chi connectivity index (χ2v) is 8.79. The maximum Gasteiger partial charge on any atom is 0.264 e. The van der Waals surface area contributed by atoms with Crippen molar-refractivity contribution < 1.29 is 21.0 Å². The molecule has 0 radical (unpaired) electrons. The van der Waals surface area contributed by atoms with Crippen LogP contribution in [-0.2, 0) is 24.1 Å². The quantitative estimate of drug-likeness (QED) is 0.662. The Morgan fingerprint density at radius 2 is 1.67 bits per heavy atom. The third-order valence-electron chi connectivity index (χ3n) is 2.57. The van der Waals surface area contributed by atoms with Gasteiger partial charge in [-0.25, -0.2) is 8.42 Å². The van der Waals surface area contributed by atoms with Gasteiger partial charge in [-0.15, -0.1) is 0 Å². The van der Waals surface area contributed by atoms with E-state index in [0.29, 0.717) is 12.8 Å². The van der Waals surface area contributed by atoms with E-state index in [4.69, 9.17) is 0 Å². The standard InChI is InChI=1S/C8H16O5S2/c1-7(2)15(11,12)8(4-5-8)6-13-14(3,9)10/h7H,4-6H2,1-3H3. The Hall–Kier alpha value is -0.140. The van der Waals surface area contributed by atoms with Crippen molar-refractivity contribution in [3.05, 3.63) is 0 Å². The van der Waals surface area contributed by atoms with Gasteiger partial charge in [0.05, 0.1) is 22.9 Å². The highest BCUT2D eigenvalue weighted by atomic mass is 32.2. The smallest absolute Gasteiger partial charge is 0.264 e. The van der Waals surface area contributed by atoms with Crippen LogP contribution in [0.15, 0.2) is 0 Å². The van der Waals surface area contributed by atoms with Crippen LogP contribution < -0.4 is 0 Å². The minimum absolute atomic E-state index is 0.244. The van der Waals surface area contributed by atoms with E-state index in [0.717, 1.165) is 6.26 Å². The lowest BCUT2D eigenvalue weighted by Gasteiger charge is -2.18. The summed E-state index contributed by atoms with van der Waals surface area (Å²) in [6.07, 6.45) is 1.90. The molecule has 7 heteroatoms. The van der Waals surface area contributed by atoms with E-state index in [2.05, 4.69) is 4.18 Å². The van der Waals surface area contributed by atoms with Crippen LogP contribution in [-0.4, -0.2) is 39.7 Å². The summed E-state index contributed by atoms with van der Waals surface area (Å²) in [6.45, 7) is 2.94. The summed E-state index contributed by atoms with van der Waals surface area (Å²) in [5, 5.41) is -0.497. The Labute approximate surface area is 90.9 Å². The SMILES string of the molecule is CC(C)S(=O)(=O)C1(COS(C)(=O)=O)CC1. The third-order valence-corrected chi connectivity index (χ3v) is 6.09. The third kappa shape index (κ3) is 2.70. The molecule has 0 aromatic heterocycles. The second kappa shape index (κ2) is 3.71. The van der Waals surface area contributed by atoms with E-state index < -0.39 is 30.0 Å². The van der Waals surface area contributed by atoms with Gasteiger partial charge in [0.1, 0.15) is 0 Å². The predicted molar refractivity (Wildman–Crippen MR) is 56.8 cm³/mol. The molecule has 0 atom stereocenters. The Morgan fingerprint density at radius 3 is 1.93 bits per heavy atom. The molecule has 1 rings (SSSR count). The van der Waals surface area contributed by atoms with Crippen LogP contribution in [0.25, 0.3) is 0 Å². The first-order valence-electron chi connectivity index (χ1n) is 4.69. The topological polar surface area (TPSA) is 77.5 Å². The van der Waals surface area contributed by atoms with Crippen molar-refractivity contribution in [3.63, 3.8) is 0 Å². The zero-order valence-corrected chi connectivity index (χ0v) is 10.7. The Balaban J connectivity index is 2.79. The van der Waals surface area contributed by atoms with E-state index in [1.807, 2.05) is 0 Å². The average Bonchev–Trinajstić information content (AvgIpc) is 2.79. The van der Waals surface area contributed by atoms with Gasteiger partial charge in [-0.05, 0) is 26.7 Å². The summed E-state index contributed by atoms with van der Waals surface area (Å²) in [6, 6.07) is 0. The molecule has 90 valence electrons. The van der Waals surface area contributed by atoms with Crippen molar-refractivity contribution in [2.24, 2.45) is 0 Å². The van der Waals surface area contributed by atoms with Crippen molar-refractivity contribution in [2.45, 2.75) is 36.7 Å². The van der Waals surface area contributed by atoms with Crippen LogP contribution >= 0.6 is 0 Å². The Bertz CT molecular complexity index is 428. The van der Waals surface area contributed by atoms with Gasteiger partial charge in [0.15, 0.2) is 9.84 Å². The van der Waals surface area contributed by atoms with Crippen LogP contribution in [0.3, 0.4) is 0 Å².